The number of rotatable bonds is 9. The highest BCUT2D eigenvalue weighted by molar-refractivity contribution is 5.88. The molecule has 6 heterocycles. The van der Waals surface area contributed by atoms with Gasteiger partial charge >= 0.3 is 0 Å². The Balaban J connectivity index is 0.000000172. The van der Waals surface area contributed by atoms with Crippen LogP contribution in [0.3, 0.4) is 0 Å². The van der Waals surface area contributed by atoms with Crippen LogP contribution in [0.25, 0.3) is 22.1 Å². The van der Waals surface area contributed by atoms with Crippen LogP contribution in [0.2, 0.25) is 0 Å². The lowest BCUT2D eigenvalue weighted by Gasteiger charge is -2.14. The zero-order chi connectivity index (χ0) is 32.4. The number of hydrogen-bond donors (Lipinski definition) is 3. The summed E-state index contributed by atoms with van der Waals surface area (Å²) >= 11 is 0. The molecule has 0 atom stereocenters. The van der Waals surface area contributed by atoms with Crippen LogP contribution in [0, 0.1) is 0 Å². The Hall–Kier alpha value is -6.70. The lowest BCUT2D eigenvalue weighted by Crippen LogP contribution is -2.27. The summed E-state index contributed by atoms with van der Waals surface area (Å²) in [7, 11) is 0. The van der Waals surface area contributed by atoms with Crippen molar-refractivity contribution in [2.45, 2.75) is 19.7 Å². The Kier molecular flexibility index (Phi) is 9.28. The van der Waals surface area contributed by atoms with E-state index in [-0.39, 0.29) is 17.8 Å². The number of fused-ring (bicyclic) bond motifs is 2. The standard InChI is InChI=1S/C20H17N5O2.C13H11N5O2/c26-19-9-18(23-11-16-7-4-8-21-10-16)17-12-22-14-24-20(17)25(19)27-13-15-5-2-1-3-6-15;19-12-4-11(16-6-9-2-1-3-14-5-9)10-7-15-8-17-13(10)18(12)20/h1-10,12,14,23H,11,13H2;1-5,7-8,16,20H,6H2. The summed E-state index contributed by atoms with van der Waals surface area (Å²) in [5.74, 6) is 0. The van der Waals surface area contributed by atoms with Crippen molar-refractivity contribution in [3.8, 4) is 0 Å². The van der Waals surface area contributed by atoms with Crippen LogP contribution in [0.5, 0.6) is 0 Å². The molecule has 6 aromatic heterocycles. The van der Waals surface area contributed by atoms with E-state index in [0.29, 0.717) is 45.6 Å². The third kappa shape index (κ3) is 7.34. The second-order valence-electron chi connectivity index (χ2n) is 10.1. The molecule has 234 valence electrons. The quantitative estimate of drug-likeness (QED) is 0.199. The number of nitrogens with zero attached hydrogens (tertiary/aromatic N) is 8. The highest BCUT2D eigenvalue weighted by atomic mass is 16.7. The van der Waals surface area contributed by atoms with Gasteiger partial charge in [-0.05, 0) is 28.8 Å². The summed E-state index contributed by atoms with van der Waals surface area (Å²) in [5.41, 5.74) is 3.90. The van der Waals surface area contributed by atoms with E-state index >= 15 is 0 Å². The number of benzene rings is 1. The van der Waals surface area contributed by atoms with Gasteiger partial charge in [-0.3, -0.25) is 19.6 Å². The van der Waals surface area contributed by atoms with Crippen LogP contribution < -0.4 is 26.6 Å². The first-order valence-corrected chi connectivity index (χ1v) is 14.4. The molecule has 0 spiro atoms. The van der Waals surface area contributed by atoms with Crippen molar-refractivity contribution in [3.63, 3.8) is 0 Å². The minimum atomic E-state index is -0.551. The van der Waals surface area contributed by atoms with E-state index in [2.05, 4.69) is 40.5 Å². The van der Waals surface area contributed by atoms with Crippen molar-refractivity contribution >= 4 is 33.4 Å². The molecular formula is C33H28N10O4. The van der Waals surface area contributed by atoms with Gasteiger partial charge in [-0.2, -0.15) is 0 Å². The number of hydrogen-bond acceptors (Lipinski definition) is 12. The molecule has 0 fully saturated rings. The minimum absolute atomic E-state index is 0.168. The summed E-state index contributed by atoms with van der Waals surface area (Å²) in [4.78, 5) is 54.3. The van der Waals surface area contributed by atoms with Crippen molar-refractivity contribution in [2.24, 2.45) is 0 Å². The molecule has 0 aliphatic rings. The predicted octanol–water partition coefficient (Wildman–Crippen LogP) is 3.46. The average Bonchev–Trinajstić information content (AvgIpc) is 3.13. The molecule has 7 rings (SSSR count). The maximum absolute atomic E-state index is 12.6. The van der Waals surface area contributed by atoms with Crippen molar-refractivity contribution in [1.29, 1.82) is 0 Å². The van der Waals surface area contributed by atoms with Gasteiger partial charge in [-0.15, -0.1) is 9.46 Å². The van der Waals surface area contributed by atoms with Crippen molar-refractivity contribution in [3.05, 3.63) is 154 Å². The number of nitrogens with one attached hydrogen (secondary N) is 2. The molecule has 7 aromatic rings. The van der Waals surface area contributed by atoms with Crippen molar-refractivity contribution < 1.29 is 10.0 Å². The molecule has 0 saturated heterocycles. The fourth-order valence-electron chi connectivity index (χ4n) is 4.62. The van der Waals surface area contributed by atoms with Gasteiger partial charge in [0.1, 0.15) is 19.3 Å². The van der Waals surface area contributed by atoms with Crippen LogP contribution in [0.1, 0.15) is 16.7 Å². The van der Waals surface area contributed by atoms with Gasteiger partial charge in [-0.25, -0.2) is 19.9 Å². The summed E-state index contributed by atoms with van der Waals surface area (Å²) in [6.07, 6.45) is 12.8. The molecule has 0 saturated carbocycles. The lowest BCUT2D eigenvalue weighted by molar-refractivity contribution is 0.0980. The average molecular weight is 629 g/mol. The maximum Gasteiger partial charge on any atom is 0.287 e. The van der Waals surface area contributed by atoms with E-state index in [4.69, 9.17) is 4.84 Å². The van der Waals surface area contributed by atoms with Gasteiger partial charge in [0.2, 0.25) is 0 Å². The molecule has 0 radical (unpaired) electrons. The van der Waals surface area contributed by atoms with Gasteiger partial charge in [-0.1, -0.05) is 42.5 Å². The zero-order valence-corrected chi connectivity index (χ0v) is 24.8. The van der Waals surface area contributed by atoms with Gasteiger partial charge in [0, 0.05) is 62.4 Å². The first-order chi connectivity index (χ1) is 23.1. The van der Waals surface area contributed by atoms with Crippen LogP contribution in [-0.2, 0) is 19.7 Å². The maximum atomic E-state index is 12.6. The monoisotopic (exact) mass is 628 g/mol. The summed E-state index contributed by atoms with van der Waals surface area (Å²) in [6, 6.07) is 20.0. The molecule has 3 N–H and O–H groups in total. The fourth-order valence-corrected chi connectivity index (χ4v) is 4.62. The van der Waals surface area contributed by atoms with E-state index < -0.39 is 5.56 Å². The smallest absolute Gasteiger partial charge is 0.287 e. The molecule has 14 nitrogen and oxygen atoms in total. The first-order valence-electron chi connectivity index (χ1n) is 14.4. The molecule has 0 aliphatic heterocycles. The van der Waals surface area contributed by atoms with Gasteiger partial charge in [0.05, 0.1) is 22.1 Å². The lowest BCUT2D eigenvalue weighted by atomic mass is 10.2. The Morgan fingerprint density at radius 3 is 1.79 bits per heavy atom. The molecule has 0 aliphatic carbocycles. The first kappa shape index (κ1) is 30.3. The Labute approximate surface area is 267 Å². The number of aromatic nitrogens is 8. The second-order valence-corrected chi connectivity index (χ2v) is 10.1. The predicted molar refractivity (Wildman–Crippen MR) is 175 cm³/mol. The fraction of sp³-hybridized carbons (Fsp3) is 0.0909. The van der Waals surface area contributed by atoms with E-state index in [1.807, 2.05) is 54.6 Å². The summed E-state index contributed by atoms with van der Waals surface area (Å²) in [5, 5.41) is 17.3. The van der Waals surface area contributed by atoms with Crippen molar-refractivity contribution in [2.75, 3.05) is 10.6 Å². The third-order valence-corrected chi connectivity index (χ3v) is 6.91. The summed E-state index contributed by atoms with van der Waals surface area (Å²) < 4.78 is 1.71. The van der Waals surface area contributed by atoms with E-state index in [1.54, 1.807) is 37.2 Å². The number of anilines is 2. The zero-order valence-electron chi connectivity index (χ0n) is 24.8. The molecule has 14 heteroatoms. The summed E-state index contributed by atoms with van der Waals surface area (Å²) in [6.45, 7) is 1.31. The Morgan fingerprint density at radius 1 is 0.638 bits per heavy atom. The highest BCUT2D eigenvalue weighted by Gasteiger charge is 2.12. The molecule has 47 heavy (non-hydrogen) atoms. The van der Waals surface area contributed by atoms with Crippen LogP contribution in [0.15, 0.2) is 126 Å². The van der Waals surface area contributed by atoms with Crippen LogP contribution >= 0.6 is 0 Å². The molecule has 0 bridgehead atoms. The molecule has 0 amide bonds. The Bertz CT molecular complexity index is 2210. The SMILES string of the molecule is O=c1cc(NCc2cccnc2)c2cncnc2n1O.O=c1cc(NCc2cccnc2)c2cncnc2n1OCc1ccccc1. The molecule has 0 unspecified atom stereocenters. The molecular weight excluding hydrogens is 600 g/mol. The highest BCUT2D eigenvalue weighted by Crippen LogP contribution is 2.20. The van der Waals surface area contributed by atoms with Crippen LogP contribution in [0.4, 0.5) is 11.4 Å². The van der Waals surface area contributed by atoms with Gasteiger partial charge in [0.25, 0.3) is 11.1 Å². The van der Waals surface area contributed by atoms with E-state index in [0.717, 1.165) is 16.7 Å². The normalized spacial score (nSPS) is 10.6. The topological polar surface area (TPSA) is 175 Å². The Morgan fingerprint density at radius 2 is 1.19 bits per heavy atom. The second kappa shape index (κ2) is 14.4. The minimum Gasteiger partial charge on any atom is -0.423 e. The largest absolute Gasteiger partial charge is 0.423 e. The van der Waals surface area contributed by atoms with E-state index in [9.17, 15) is 14.8 Å². The van der Waals surface area contributed by atoms with Gasteiger partial charge < -0.3 is 20.7 Å². The van der Waals surface area contributed by atoms with Crippen molar-refractivity contribution in [1.82, 2.24) is 39.4 Å². The van der Waals surface area contributed by atoms with Crippen LogP contribution in [-0.4, -0.2) is 44.6 Å². The molecule has 1 aromatic carbocycles. The third-order valence-electron chi connectivity index (χ3n) is 6.91. The van der Waals surface area contributed by atoms with Gasteiger partial charge in [0.15, 0.2) is 11.3 Å². The van der Waals surface area contributed by atoms with E-state index in [1.165, 1.54) is 29.5 Å². The number of pyridine rings is 4.